The Hall–Kier alpha value is -0.800. The van der Waals surface area contributed by atoms with Crippen LogP contribution in [0.4, 0.5) is 5.69 Å². The summed E-state index contributed by atoms with van der Waals surface area (Å²) in [6.07, 6.45) is 2.64. The summed E-state index contributed by atoms with van der Waals surface area (Å²) < 4.78 is 0. The van der Waals surface area contributed by atoms with Crippen LogP contribution in [0, 0.1) is 12.8 Å². The van der Waals surface area contributed by atoms with Crippen LogP contribution in [0.2, 0.25) is 5.02 Å². The Morgan fingerprint density at radius 3 is 2.88 bits per heavy atom. The van der Waals surface area contributed by atoms with Crippen molar-refractivity contribution in [3.8, 4) is 0 Å². The van der Waals surface area contributed by atoms with Crippen molar-refractivity contribution in [1.29, 1.82) is 0 Å². The average Bonchev–Trinajstić information content (AvgIpc) is 3.03. The molecule has 1 fully saturated rings. The predicted octanol–water partition coefficient (Wildman–Crippen LogP) is 3.34. The first kappa shape index (κ1) is 11.7. The van der Waals surface area contributed by atoms with Crippen LogP contribution in [0.3, 0.4) is 0 Å². The van der Waals surface area contributed by atoms with Crippen LogP contribution in [0.15, 0.2) is 18.2 Å². The molecule has 0 radical (unpaired) electrons. The van der Waals surface area contributed by atoms with Gasteiger partial charge in [-0.1, -0.05) is 17.7 Å². The lowest BCUT2D eigenvalue weighted by Gasteiger charge is -2.11. The second kappa shape index (κ2) is 5.02. The maximum absolute atomic E-state index is 6.10. The summed E-state index contributed by atoms with van der Waals surface area (Å²) in [4.78, 5) is 0. The molecule has 4 heteroatoms. The first-order valence-corrected chi connectivity index (χ1v) is 6.25. The van der Waals surface area contributed by atoms with Crippen LogP contribution >= 0.6 is 23.8 Å². The standard InChI is InChI=1S/C12H15ClN2S/c1-8-2-5-11(10(13)6-8)15-12(16)14-7-9-3-4-9/h2,5-6,9H,3-4,7H2,1H3,(H2,14,15,16). The van der Waals surface area contributed by atoms with Crippen molar-refractivity contribution in [2.24, 2.45) is 5.92 Å². The summed E-state index contributed by atoms with van der Waals surface area (Å²) in [6.45, 7) is 2.98. The molecule has 0 saturated heterocycles. The molecule has 16 heavy (non-hydrogen) atoms. The van der Waals surface area contributed by atoms with Gasteiger partial charge in [-0.2, -0.15) is 0 Å². The monoisotopic (exact) mass is 254 g/mol. The second-order valence-corrected chi connectivity index (χ2v) is 5.08. The Bertz CT molecular complexity index is 402. The number of hydrogen-bond donors (Lipinski definition) is 2. The van der Waals surface area contributed by atoms with Crippen molar-refractivity contribution in [3.63, 3.8) is 0 Å². The summed E-state index contributed by atoms with van der Waals surface area (Å²) >= 11 is 11.3. The summed E-state index contributed by atoms with van der Waals surface area (Å²) in [5.41, 5.74) is 2.01. The molecule has 2 rings (SSSR count). The van der Waals surface area contributed by atoms with E-state index in [0.29, 0.717) is 10.1 Å². The van der Waals surface area contributed by atoms with Crippen molar-refractivity contribution >= 4 is 34.6 Å². The fourth-order valence-electron chi connectivity index (χ4n) is 1.45. The molecule has 1 aliphatic carbocycles. The van der Waals surface area contributed by atoms with Gasteiger partial charge in [-0.3, -0.25) is 0 Å². The van der Waals surface area contributed by atoms with Gasteiger partial charge in [0.2, 0.25) is 0 Å². The largest absolute Gasteiger partial charge is 0.362 e. The van der Waals surface area contributed by atoms with Gasteiger partial charge in [0, 0.05) is 6.54 Å². The van der Waals surface area contributed by atoms with Crippen molar-refractivity contribution in [1.82, 2.24) is 5.32 Å². The van der Waals surface area contributed by atoms with Crippen LogP contribution in [0.25, 0.3) is 0 Å². The number of thiocarbonyl (C=S) groups is 1. The Labute approximate surface area is 106 Å². The lowest BCUT2D eigenvalue weighted by Crippen LogP contribution is -2.30. The van der Waals surface area contributed by atoms with Gasteiger partial charge in [0.1, 0.15) is 0 Å². The van der Waals surface area contributed by atoms with Crippen LogP contribution < -0.4 is 10.6 Å². The molecule has 1 aliphatic rings. The third kappa shape index (κ3) is 3.35. The molecule has 0 spiro atoms. The third-order valence-electron chi connectivity index (χ3n) is 2.62. The normalized spacial score (nSPS) is 14.6. The number of nitrogens with one attached hydrogen (secondary N) is 2. The van der Waals surface area contributed by atoms with E-state index < -0.39 is 0 Å². The lowest BCUT2D eigenvalue weighted by molar-refractivity contribution is 0.777. The number of aryl methyl sites for hydroxylation is 1. The molecule has 86 valence electrons. The van der Waals surface area contributed by atoms with E-state index in [4.69, 9.17) is 23.8 Å². The SMILES string of the molecule is Cc1ccc(NC(=S)NCC2CC2)c(Cl)c1. The minimum Gasteiger partial charge on any atom is -0.362 e. The summed E-state index contributed by atoms with van der Waals surface area (Å²) in [6, 6.07) is 5.88. The van der Waals surface area contributed by atoms with Gasteiger partial charge in [-0.25, -0.2) is 0 Å². The highest BCUT2D eigenvalue weighted by Gasteiger charge is 2.20. The lowest BCUT2D eigenvalue weighted by atomic mass is 10.2. The Morgan fingerprint density at radius 1 is 1.50 bits per heavy atom. The molecule has 1 aromatic rings. The van der Waals surface area contributed by atoms with E-state index in [1.807, 2.05) is 25.1 Å². The fraction of sp³-hybridized carbons (Fsp3) is 0.417. The highest BCUT2D eigenvalue weighted by molar-refractivity contribution is 7.80. The zero-order valence-electron chi connectivity index (χ0n) is 9.22. The van der Waals surface area contributed by atoms with E-state index in [9.17, 15) is 0 Å². The highest BCUT2D eigenvalue weighted by Crippen LogP contribution is 2.27. The third-order valence-corrected chi connectivity index (χ3v) is 3.18. The molecule has 0 amide bonds. The molecule has 2 nitrogen and oxygen atoms in total. The van der Waals surface area contributed by atoms with Gasteiger partial charge in [0.25, 0.3) is 0 Å². The topological polar surface area (TPSA) is 24.1 Å². The van der Waals surface area contributed by atoms with E-state index in [0.717, 1.165) is 23.7 Å². The zero-order chi connectivity index (χ0) is 11.5. The highest BCUT2D eigenvalue weighted by atomic mass is 35.5. The van der Waals surface area contributed by atoms with Crippen molar-refractivity contribution in [2.75, 3.05) is 11.9 Å². The van der Waals surface area contributed by atoms with Gasteiger partial charge in [0.05, 0.1) is 10.7 Å². The van der Waals surface area contributed by atoms with Gasteiger partial charge in [0.15, 0.2) is 5.11 Å². The van der Waals surface area contributed by atoms with Gasteiger partial charge < -0.3 is 10.6 Å². The molecule has 0 aromatic heterocycles. The van der Waals surface area contributed by atoms with Crippen LogP contribution in [-0.4, -0.2) is 11.7 Å². The molecule has 0 aliphatic heterocycles. The molecule has 0 atom stereocenters. The van der Waals surface area contributed by atoms with E-state index in [1.165, 1.54) is 12.8 Å². The van der Waals surface area contributed by atoms with Crippen molar-refractivity contribution < 1.29 is 0 Å². The Morgan fingerprint density at radius 2 is 2.25 bits per heavy atom. The molecule has 1 aromatic carbocycles. The molecule has 0 unspecified atom stereocenters. The number of anilines is 1. The summed E-state index contributed by atoms with van der Waals surface area (Å²) in [7, 11) is 0. The smallest absolute Gasteiger partial charge is 0.170 e. The van der Waals surface area contributed by atoms with Crippen LogP contribution in [-0.2, 0) is 0 Å². The van der Waals surface area contributed by atoms with Crippen LogP contribution in [0.5, 0.6) is 0 Å². The maximum atomic E-state index is 6.10. The first-order chi connectivity index (χ1) is 7.65. The molecule has 0 bridgehead atoms. The average molecular weight is 255 g/mol. The van der Waals surface area contributed by atoms with E-state index >= 15 is 0 Å². The zero-order valence-corrected chi connectivity index (χ0v) is 10.8. The molecule has 1 saturated carbocycles. The summed E-state index contributed by atoms with van der Waals surface area (Å²) in [5.74, 6) is 0.813. The Balaban J connectivity index is 1.89. The fourth-order valence-corrected chi connectivity index (χ4v) is 1.92. The number of halogens is 1. The van der Waals surface area contributed by atoms with Gasteiger partial charge in [-0.05, 0) is 55.6 Å². The van der Waals surface area contributed by atoms with Crippen molar-refractivity contribution in [3.05, 3.63) is 28.8 Å². The summed E-state index contributed by atoms with van der Waals surface area (Å²) in [5, 5.41) is 7.66. The predicted molar refractivity (Wildman–Crippen MR) is 73.1 cm³/mol. The molecular formula is C12H15ClN2S. The van der Waals surface area contributed by atoms with Crippen LogP contribution in [0.1, 0.15) is 18.4 Å². The van der Waals surface area contributed by atoms with E-state index in [1.54, 1.807) is 0 Å². The Kier molecular flexibility index (Phi) is 3.66. The second-order valence-electron chi connectivity index (χ2n) is 4.26. The van der Waals surface area contributed by atoms with E-state index in [-0.39, 0.29) is 0 Å². The first-order valence-electron chi connectivity index (χ1n) is 5.46. The quantitative estimate of drug-likeness (QED) is 0.809. The molecule has 2 N–H and O–H groups in total. The van der Waals surface area contributed by atoms with Crippen molar-refractivity contribution in [2.45, 2.75) is 19.8 Å². The van der Waals surface area contributed by atoms with Gasteiger partial charge >= 0.3 is 0 Å². The van der Waals surface area contributed by atoms with E-state index in [2.05, 4.69) is 10.6 Å². The number of hydrogen-bond acceptors (Lipinski definition) is 1. The molecular weight excluding hydrogens is 240 g/mol. The minimum atomic E-state index is 0.651. The minimum absolute atomic E-state index is 0.651. The maximum Gasteiger partial charge on any atom is 0.170 e. The van der Waals surface area contributed by atoms with Gasteiger partial charge in [-0.15, -0.1) is 0 Å². The molecule has 0 heterocycles. The number of benzene rings is 1. The number of rotatable bonds is 3.